The van der Waals surface area contributed by atoms with E-state index >= 15 is 0 Å². The number of carbonyl (C=O) groups excluding carboxylic acids is 1. The molecule has 4 heteroatoms. The lowest BCUT2D eigenvalue weighted by Crippen LogP contribution is -2.48. The van der Waals surface area contributed by atoms with Crippen LogP contribution in [0.1, 0.15) is 44.2 Å². The molecule has 1 aromatic rings. The first kappa shape index (κ1) is 18.4. The van der Waals surface area contributed by atoms with Gasteiger partial charge in [0, 0.05) is 32.2 Å². The predicted molar refractivity (Wildman–Crippen MR) is 98.5 cm³/mol. The number of rotatable bonds is 5. The second-order valence-electron chi connectivity index (χ2n) is 8.76. The van der Waals surface area contributed by atoms with E-state index in [4.69, 9.17) is 4.74 Å². The van der Waals surface area contributed by atoms with Crippen LogP contribution in [-0.2, 0) is 14.9 Å². The lowest BCUT2D eigenvalue weighted by molar-refractivity contribution is -0.137. The zero-order valence-electron chi connectivity index (χ0n) is 16.0. The zero-order valence-corrected chi connectivity index (χ0v) is 16.0. The van der Waals surface area contributed by atoms with Gasteiger partial charge in [-0.3, -0.25) is 4.79 Å². The Bertz CT molecular complexity index is 631. The smallest absolute Gasteiger partial charge is 0.233 e. The molecule has 1 N–H and O–H groups in total. The molecule has 1 atom stereocenters. The van der Waals surface area contributed by atoms with Gasteiger partial charge < -0.3 is 14.7 Å². The van der Waals surface area contributed by atoms with Gasteiger partial charge in [-0.2, -0.15) is 0 Å². The van der Waals surface area contributed by atoms with Crippen LogP contribution in [0.25, 0.3) is 0 Å². The first-order valence-electron chi connectivity index (χ1n) is 9.28. The minimum atomic E-state index is -0.433. The molecule has 0 radical (unpaired) electrons. The van der Waals surface area contributed by atoms with Crippen molar-refractivity contribution in [1.29, 1.82) is 0 Å². The minimum absolute atomic E-state index is 0.0321. The number of ether oxygens (including phenoxy) is 1. The standard InChI is InChI=1S/C21H31NO3/c1-16-5-7-17(8-6-16)21(13-19(21,2)3)18(24)22(4)14-20(15-23)9-11-25-12-10-20/h5-8,23H,9-15H2,1-4H3/t21-/m0/s1. The van der Waals surface area contributed by atoms with E-state index < -0.39 is 5.41 Å². The van der Waals surface area contributed by atoms with Crippen LogP contribution in [-0.4, -0.2) is 49.3 Å². The minimum Gasteiger partial charge on any atom is -0.396 e. The largest absolute Gasteiger partial charge is 0.396 e. The van der Waals surface area contributed by atoms with E-state index in [1.165, 1.54) is 5.56 Å². The summed E-state index contributed by atoms with van der Waals surface area (Å²) < 4.78 is 5.45. The Labute approximate surface area is 151 Å². The van der Waals surface area contributed by atoms with Crippen LogP contribution >= 0.6 is 0 Å². The van der Waals surface area contributed by atoms with E-state index in [2.05, 4.69) is 45.0 Å². The molecule has 1 aliphatic carbocycles. The normalized spacial score (nSPS) is 26.9. The SMILES string of the molecule is Cc1ccc([C@]2(C(=O)N(C)CC3(CO)CCOCC3)CC2(C)C)cc1. The van der Waals surface area contributed by atoms with Gasteiger partial charge in [0.05, 0.1) is 12.0 Å². The van der Waals surface area contributed by atoms with Crippen molar-refractivity contribution in [2.45, 2.75) is 45.4 Å². The van der Waals surface area contributed by atoms with Crippen molar-refractivity contribution < 1.29 is 14.6 Å². The first-order chi connectivity index (χ1) is 11.8. The molecule has 4 nitrogen and oxygen atoms in total. The number of carbonyl (C=O) groups is 1. The summed E-state index contributed by atoms with van der Waals surface area (Å²) >= 11 is 0. The first-order valence-corrected chi connectivity index (χ1v) is 9.28. The van der Waals surface area contributed by atoms with Gasteiger partial charge >= 0.3 is 0 Å². The lowest BCUT2D eigenvalue weighted by Gasteiger charge is -2.39. The molecule has 0 spiro atoms. The highest BCUT2D eigenvalue weighted by Crippen LogP contribution is 2.65. The summed E-state index contributed by atoms with van der Waals surface area (Å²) in [5.74, 6) is 0.181. The highest BCUT2D eigenvalue weighted by molar-refractivity contribution is 5.93. The van der Waals surface area contributed by atoms with E-state index in [1.807, 2.05) is 11.9 Å². The molecular formula is C21H31NO3. The monoisotopic (exact) mass is 345 g/mol. The maximum Gasteiger partial charge on any atom is 0.233 e. The summed E-state index contributed by atoms with van der Waals surface area (Å²) in [5.41, 5.74) is 1.63. The van der Waals surface area contributed by atoms with Gasteiger partial charge in [-0.1, -0.05) is 43.7 Å². The van der Waals surface area contributed by atoms with Crippen molar-refractivity contribution in [3.8, 4) is 0 Å². The van der Waals surface area contributed by atoms with Crippen LogP contribution in [0.15, 0.2) is 24.3 Å². The Morgan fingerprint density at radius 1 is 1.20 bits per heavy atom. The van der Waals surface area contributed by atoms with Crippen molar-refractivity contribution >= 4 is 5.91 Å². The van der Waals surface area contributed by atoms with Crippen LogP contribution in [0.2, 0.25) is 0 Å². The Morgan fingerprint density at radius 2 is 1.76 bits per heavy atom. The zero-order chi connectivity index (χ0) is 18.3. The van der Waals surface area contributed by atoms with Gasteiger partial charge in [-0.15, -0.1) is 0 Å². The van der Waals surface area contributed by atoms with Gasteiger partial charge in [0.1, 0.15) is 0 Å². The summed E-state index contributed by atoms with van der Waals surface area (Å²) in [7, 11) is 1.89. The average molecular weight is 345 g/mol. The molecule has 1 amide bonds. The van der Waals surface area contributed by atoms with Gasteiger partial charge in [-0.05, 0) is 37.2 Å². The quantitative estimate of drug-likeness (QED) is 0.893. The fourth-order valence-corrected chi connectivity index (χ4v) is 4.51. The Kier molecular flexibility index (Phi) is 4.71. The van der Waals surface area contributed by atoms with Gasteiger partial charge in [-0.25, -0.2) is 0 Å². The highest BCUT2D eigenvalue weighted by Gasteiger charge is 2.67. The summed E-state index contributed by atoms with van der Waals surface area (Å²) in [6.45, 7) is 8.45. The number of benzene rings is 1. The number of hydrogen-bond acceptors (Lipinski definition) is 3. The van der Waals surface area contributed by atoms with E-state index in [0.717, 1.165) is 24.8 Å². The van der Waals surface area contributed by atoms with Crippen LogP contribution in [0, 0.1) is 17.8 Å². The number of aliphatic hydroxyl groups excluding tert-OH is 1. The van der Waals surface area contributed by atoms with E-state index in [0.29, 0.717) is 19.8 Å². The molecule has 0 bridgehead atoms. The molecule has 1 heterocycles. The van der Waals surface area contributed by atoms with Gasteiger partial charge in [0.25, 0.3) is 0 Å². The molecule has 2 aliphatic rings. The summed E-state index contributed by atoms with van der Waals surface area (Å²) in [6, 6.07) is 8.39. The van der Waals surface area contributed by atoms with Crippen molar-refractivity contribution in [2.75, 3.05) is 33.4 Å². The molecule has 1 aliphatic heterocycles. The fourth-order valence-electron chi connectivity index (χ4n) is 4.51. The van der Waals surface area contributed by atoms with E-state index in [-0.39, 0.29) is 23.3 Å². The third-order valence-electron chi connectivity index (χ3n) is 6.46. The molecule has 25 heavy (non-hydrogen) atoms. The maximum atomic E-state index is 13.5. The summed E-state index contributed by atoms with van der Waals surface area (Å²) in [4.78, 5) is 15.3. The topological polar surface area (TPSA) is 49.8 Å². The lowest BCUT2D eigenvalue weighted by atomic mass is 9.79. The predicted octanol–water partition coefficient (Wildman–Crippen LogP) is 2.91. The van der Waals surface area contributed by atoms with E-state index in [9.17, 15) is 9.90 Å². The number of hydrogen-bond donors (Lipinski definition) is 1. The summed E-state index contributed by atoms with van der Waals surface area (Å²) in [5, 5.41) is 9.95. The van der Waals surface area contributed by atoms with Gasteiger partial charge in [0.2, 0.25) is 5.91 Å². The van der Waals surface area contributed by atoms with Crippen molar-refractivity contribution in [2.24, 2.45) is 10.8 Å². The molecule has 1 aromatic carbocycles. The van der Waals surface area contributed by atoms with E-state index in [1.54, 1.807) is 0 Å². The Hall–Kier alpha value is -1.39. The maximum absolute atomic E-state index is 13.5. The molecule has 3 rings (SSSR count). The van der Waals surface area contributed by atoms with Crippen LogP contribution in [0.4, 0.5) is 0 Å². The number of nitrogens with zero attached hydrogens (tertiary/aromatic N) is 1. The van der Waals surface area contributed by atoms with Crippen molar-refractivity contribution in [1.82, 2.24) is 4.90 Å². The number of likely N-dealkylation sites (N-methyl/N-ethyl adjacent to an activating group) is 1. The third kappa shape index (κ3) is 3.11. The van der Waals surface area contributed by atoms with Crippen molar-refractivity contribution in [3.63, 3.8) is 0 Å². The summed E-state index contributed by atoms with van der Waals surface area (Å²) in [6.07, 6.45) is 2.49. The molecule has 138 valence electrons. The van der Waals surface area contributed by atoms with Crippen LogP contribution < -0.4 is 0 Å². The fraction of sp³-hybridized carbons (Fsp3) is 0.667. The van der Waals surface area contributed by atoms with Crippen LogP contribution in [0.3, 0.4) is 0 Å². The second-order valence-corrected chi connectivity index (χ2v) is 8.76. The molecule has 1 saturated heterocycles. The number of amides is 1. The molecule has 0 unspecified atom stereocenters. The average Bonchev–Trinajstić information content (AvgIpc) is 3.19. The highest BCUT2D eigenvalue weighted by atomic mass is 16.5. The Balaban J connectivity index is 1.83. The molecular weight excluding hydrogens is 314 g/mol. The number of aliphatic hydroxyl groups is 1. The van der Waals surface area contributed by atoms with Gasteiger partial charge in [0.15, 0.2) is 0 Å². The Morgan fingerprint density at radius 3 is 2.24 bits per heavy atom. The van der Waals surface area contributed by atoms with Crippen molar-refractivity contribution in [3.05, 3.63) is 35.4 Å². The third-order valence-corrected chi connectivity index (χ3v) is 6.46. The number of aryl methyl sites for hydroxylation is 1. The molecule has 2 fully saturated rings. The molecule has 1 saturated carbocycles. The second kappa shape index (κ2) is 6.40. The molecule has 0 aromatic heterocycles. The van der Waals surface area contributed by atoms with Crippen LogP contribution in [0.5, 0.6) is 0 Å².